The standard InChI is InChI=1S/C11H14I/c1-2-6-10(7-3-1)11-8-4-5-9-12-11/h1-3,6-7,11H,4-5,8-9H2/q-1. The van der Waals surface area contributed by atoms with Gasteiger partial charge in [-0.05, 0) is 0 Å². The van der Waals surface area contributed by atoms with Crippen LogP contribution in [0.3, 0.4) is 0 Å². The molecule has 1 unspecified atom stereocenters. The van der Waals surface area contributed by atoms with Crippen LogP contribution in [0.5, 0.6) is 0 Å². The summed E-state index contributed by atoms with van der Waals surface area (Å²) in [5.41, 5.74) is 1.60. The topological polar surface area (TPSA) is 0 Å². The van der Waals surface area contributed by atoms with E-state index in [0.717, 1.165) is 3.92 Å². The van der Waals surface area contributed by atoms with Gasteiger partial charge >= 0.3 is 84.7 Å². The second-order valence-electron chi connectivity index (χ2n) is 3.22. The normalized spacial score (nSPS) is 24.5. The molecule has 1 heterocycles. The number of benzene rings is 1. The van der Waals surface area contributed by atoms with E-state index in [2.05, 4.69) is 30.3 Å². The Kier molecular flexibility index (Phi) is 3.03. The third-order valence-corrected chi connectivity index (χ3v) is 6.09. The molecule has 1 atom stereocenters. The summed E-state index contributed by atoms with van der Waals surface area (Å²) < 4.78 is 2.51. The molecule has 2 rings (SSSR count). The van der Waals surface area contributed by atoms with Crippen LogP contribution >= 0.6 is 0 Å². The first kappa shape index (κ1) is 8.54. The van der Waals surface area contributed by atoms with Crippen molar-refractivity contribution in [2.45, 2.75) is 23.2 Å². The van der Waals surface area contributed by atoms with Crippen LogP contribution in [0.2, 0.25) is 0 Å². The minimum atomic E-state index is 0.470. The zero-order valence-corrected chi connectivity index (χ0v) is 9.33. The molecule has 1 saturated heterocycles. The summed E-state index contributed by atoms with van der Waals surface area (Å²) in [5.74, 6) is 0. The Hall–Kier alpha value is -0.0500. The number of rotatable bonds is 1. The Morgan fingerprint density at radius 1 is 1.08 bits per heavy atom. The molecule has 0 N–H and O–H groups in total. The quantitative estimate of drug-likeness (QED) is 0.499. The molecule has 66 valence electrons. The Morgan fingerprint density at radius 3 is 2.58 bits per heavy atom. The molecule has 0 radical (unpaired) electrons. The molecular weight excluding hydrogens is 259 g/mol. The fourth-order valence-corrected chi connectivity index (χ4v) is 5.16. The monoisotopic (exact) mass is 273 g/mol. The van der Waals surface area contributed by atoms with E-state index in [1.54, 1.807) is 9.99 Å². The molecule has 1 aromatic carbocycles. The van der Waals surface area contributed by atoms with Gasteiger partial charge in [-0.25, -0.2) is 0 Å². The van der Waals surface area contributed by atoms with E-state index < -0.39 is 0 Å². The Labute approximate surface area is 84.6 Å². The van der Waals surface area contributed by atoms with Crippen molar-refractivity contribution in [2.75, 3.05) is 4.43 Å². The van der Waals surface area contributed by atoms with Crippen LogP contribution in [0.25, 0.3) is 0 Å². The molecule has 1 aromatic rings. The summed E-state index contributed by atoms with van der Waals surface area (Å²) in [4.78, 5) is 0. The van der Waals surface area contributed by atoms with E-state index in [1.165, 1.54) is 19.3 Å². The van der Waals surface area contributed by atoms with Gasteiger partial charge in [0, 0.05) is 0 Å². The maximum atomic E-state index is 2.30. The molecule has 0 amide bonds. The van der Waals surface area contributed by atoms with Crippen LogP contribution < -0.4 is 21.2 Å². The Balaban J connectivity index is 2.08. The van der Waals surface area contributed by atoms with Gasteiger partial charge in [0.2, 0.25) is 0 Å². The van der Waals surface area contributed by atoms with Crippen molar-refractivity contribution in [1.29, 1.82) is 0 Å². The molecule has 0 saturated carbocycles. The third kappa shape index (κ3) is 2.00. The van der Waals surface area contributed by atoms with Gasteiger partial charge in [-0.15, -0.1) is 0 Å². The number of hydrogen-bond donors (Lipinski definition) is 0. The zero-order chi connectivity index (χ0) is 8.23. The fraction of sp³-hybridized carbons (Fsp3) is 0.455. The number of hydrogen-bond acceptors (Lipinski definition) is 0. The van der Waals surface area contributed by atoms with Gasteiger partial charge in [-0.1, -0.05) is 0 Å². The minimum absolute atomic E-state index is 0.470. The summed E-state index contributed by atoms with van der Waals surface area (Å²) in [6, 6.07) is 11.1. The first-order valence-electron chi connectivity index (χ1n) is 4.59. The molecule has 1 fully saturated rings. The summed E-state index contributed by atoms with van der Waals surface area (Å²) in [6.45, 7) is 0. The van der Waals surface area contributed by atoms with Gasteiger partial charge in [-0.2, -0.15) is 0 Å². The van der Waals surface area contributed by atoms with Gasteiger partial charge in [-0.3, -0.25) is 0 Å². The fourth-order valence-electron chi connectivity index (χ4n) is 1.62. The molecule has 1 aliphatic heterocycles. The van der Waals surface area contributed by atoms with Crippen LogP contribution in [-0.4, -0.2) is 4.43 Å². The third-order valence-electron chi connectivity index (χ3n) is 2.30. The average molecular weight is 273 g/mol. The predicted octanol–water partition coefficient (Wildman–Crippen LogP) is 0.000600. The molecular formula is C11H14I-. The van der Waals surface area contributed by atoms with Crippen LogP contribution in [-0.2, 0) is 0 Å². The van der Waals surface area contributed by atoms with Crippen molar-refractivity contribution in [3.63, 3.8) is 0 Å². The van der Waals surface area contributed by atoms with Crippen LogP contribution in [0.1, 0.15) is 28.8 Å². The molecule has 0 aromatic heterocycles. The molecule has 12 heavy (non-hydrogen) atoms. The van der Waals surface area contributed by atoms with E-state index in [0.29, 0.717) is 21.2 Å². The second kappa shape index (κ2) is 4.26. The van der Waals surface area contributed by atoms with Crippen molar-refractivity contribution in [2.24, 2.45) is 0 Å². The van der Waals surface area contributed by atoms with Gasteiger partial charge in [0.15, 0.2) is 0 Å². The van der Waals surface area contributed by atoms with Gasteiger partial charge in [0.05, 0.1) is 0 Å². The van der Waals surface area contributed by atoms with Crippen molar-refractivity contribution in [1.82, 2.24) is 0 Å². The van der Waals surface area contributed by atoms with Crippen LogP contribution in [0, 0.1) is 0 Å². The Bertz CT molecular complexity index is 224. The summed E-state index contributed by atoms with van der Waals surface area (Å²) in [6.07, 6.45) is 4.41. The summed E-state index contributed by atoms with van der Waals surface area (Å²) in [5, 5.41) is 0. The van der Waals surface area contributed by atoms with E-state index in [1.807, 2.05) is 0 Å². The predicted molar refractivity (Wildman–Crippen MR) is 47.9 cm³/mol. The second-order valence-corrected chi connectivity index (χ2v) is 6.68. The maximum absolute atomic E-state index is 2.30. The first-order valence-corrected chi connectivity index (χ1v) is 7.36. The van der Waals surface area contributed by atoms with Gasteiger partial charge < -0.3 is 0 Å². The summed E-state index contributed by atoms with van der Waals surface area (Å²) in [7, 11) is 0. The molecule has 0 aliphatic carbocycles. The van der Waals surface area contributed by atoms with Crippen molar-refractivity contribution in [3.8, 4) is 0 Å². The SMILES string of the molecule is c1ccc(C2CCCC[I-]2)cc1. The van der Waals surface area contributed by atoms with E-state index in [9.17, 15) is 0 Å². The zero-order valence-electron chi connectivity index (χ0n) is 7.17. The molecule has 1 aliphatic rings. The van der Waals surface area contributed by atoms with Crippen LogP contribution in [0.15, 0.2) is 30.3 Å². The van der Waals surface area contributed by atoms with E-state index in [-0.39, 0.29) is 0 Å². The van der Waals surface area contributed by atoms with Crippen molar-refractivity contribution in [3.05, 3.63) is 35.9 Å². The van der Waals surface area contributed by atoms with Crippen molar-refractivity contribution < 1.29 is 21.2 Å². The number of alkyl halides is 2. The molecule has 1 heteroatoms. The van der Waals surface area contributed by atoms with E-state index in [4.69, 9.17) is 0 Å². The molecule has 0 nitrogen and oxygen atoms in total. The van der Waals surface area contributed by atoms with E-state index >= 15 is 0 Å². The summed E-state index contributed by atoms with van der Waals surface area (Å²) >= 11 is 0.470. The van der Waals surface area contributed by atoms with Crippen molar-refractivity contribution >= 4 is 0 Å². The molecule has 0 spiro atoms. The van der Waals surface area contributed by atoms with Gasteiger partial charge in [0.1, 0.15) is 0 Å². The first-order chi connectivity index (χ1) is 5.97. The van der Waals surface area contributed by atoms with Gasteiger partial charge in [0.25, 0.3) is 0 Å². The molecule has 0 bridgehead atoms. The van der Waals surface area contributed by atoms with Crippen LogP contribution in [0.4, 0.5) is 0 Å². The average Bonchev–Trinajstić information content (AvgIpc) is 2.21. The number of halogens is 1. The Morgan fingerprint density at radius 2 is 1.92 bits per heavy atom.